The molecular weight excluding hydrogens is 342 g/mol. The Morgan fingerprint density at radius 1 is 1.04 bits per heavy atom. The number of fused-ring (bicyclic) bond motifs is 1. The Morgan fingerprint density at radius 2 is 1.80 bits per heavy atom. The predicted molar refractivity (Wildman–Crippen MR) is 96.3 cm³/mol. The van der Waals surface area contributed by atoms with E-state index in [0.717, 1.165) is 4.90 Å². The van der Waals surface area contributed by atoms with Gasteiger partial charge in [0, 0.05) is 16.6 Å². The van der Waals surface area contributed by atoms with E-state index in [0.29, 0.717) is 41.9 Å². The van der Waals surface area contributed by atoms with Crippen LogP contribution in [0.4, 0.5) is 5.69 Å². The highest BCUT2D eigenvalue weighted by Gasteiger charge is 2.13. The van der Waals surface area contributed by atoms with Crippen molar-refractivity contribution in [2.24, 2.45) is 0 Å². The Labute approximate surface area is 150 Å². The molecule has 6 nitrogen and oxygen atoms in total. The van der Waals surface area contributed by atoms with Crippen LogP contribution in [0.25, 0.3) is 0 Å². The van der Waals surface area contributed by atoms with Crippen molar-refractivity contribution in [1.29, 1.82) is 0 Å². The fraction of sp³-hybridized carbons (Fsp3) is 0.278. The molecule has 1 N–H and O–H groups in total. The third kappa shape index (κ3) is 4.30. The summed E-state index contributed by atoms with van der Waals surface area (Å²) in [4.78, 5) is 13.1. The number of hydrogen-bond donors (Lipinski definition) is 1. The number of ether oxygens (including phenoxy) is 4. The molecule has 2 aromatic rings. The topological polar surface area (TPSA) is 66.0 Å². The molecular formula is C18H19NO5S. The first-order chi connectivity index (χ1) is 12.2. The number of amides is 1. The van der Waals surface area contributed by atoms with Gasteiger partial charge in [-0.15, -0.1) is 11.8 Å². The van der Waals surface area contributed by atoms with E-state index in [2.05, 4.69) is 5.32 Å². The first kappa shape index (κ1) is 17.3. The molecule has 0 saturated carbocycles. The summed E-state index contributed by atoms with van der Waals surface area (Å²) in [6, 6.07) is 10.9. The molecule has 0 spiro atoms. The third-order valence-electron chi connectivity index (χ3n) is 3.55. The SMILES string of the molecule is COc1ccc(SCC(=O)Nc2ccc3c(c2)OCCO3)cc1OC. The minimum atomic E-state index is -0.100. The lowest BCUT2D eigenvalue weighted by atomic mass is 10.2. The van der Waals surface area contributed by atoms with Crippen LogP contribution in [0, 0.1) is 0 Å². The lowest BCUT2D eigenvalue weighted by Crippen LogP contribution is -2.17. The Morgan fingerprint density at radius 3 is 2.56 bits per heavy atom. The number of carbonyl (C=O) groups is 1. The van der Waals surface area contributed by atoms with Gasteiger partial charge in [-0.2, -0.15) is 0 Å². The van der Waals surface area contributed by atoms with Gasteiger partial charge in [0.1, 0.15) is 13.2 Å². The number of rotatable bonds is 6. The molecule has 1 aliphatic rings. The van der Waals surface area contributed by atoms with E-state index in [1.54, 1.807) is 32.4 Å². The van der Waals surface area contributed by atoms with Crippen LogP contribution >= 0.6 is 11.8 Å². The number of benzene rings is 2. The molecule has 0 aliphatic carbocycles. The van der Waals surface area contributed by atoms with Crippen LogP contribution in [-0.2, 0) is 4.79 Å². The lowest BCUT2D eigenvalue weighted by Gasteiger charge is -2.19. The molecule has 1 aliphatic heterocycles. The van der Waals surface area contributed by atoms with Gasteiger partial charge in [-0.05, 0) is 30.3 Å². The van der Waals surface area contributed by atoms with Crippen LogP contribution in [0.2, 0.25) is 0 Å². The van der Waals surface area contributed by atoms with Gasteiger partial charge in [0.25, 0.3) is 0 Å². The van der Waals surface area contributed by atoms with Crippen molar-refractivity contribution in [2.75, 3.05) is 38.5 Å². The van der Waals surface area contributed by atoms with Crippen LogP contribution < -0.4 is 24.3 Å². The molecule has 0 aromatic heterocycles. The van der Waals surface area contributed by atoms with Gasteiger partial charge in [-0.3, -0.25) is 4.79 Å². The van der Waals surface area contributed by atoms with E-state index in [9.17, 15) is 4.79 Å². The van der Waals surface area contributed by atoms with Gasteiger partial charge in [-0.1, -0.05) is 0 Å². The van der Waals surface area contributed by atoms with Crippen LogP contribution in [0.15, 0.2) is 41.3 Å². The van der Waals surface area contributed by atoms with E-state index < -0.39 is 0 Å². The number of anilines is 1. The fourth-order valence-corrected chi connectivity index (χ4v) is 3.10. The van der Waals surface area contributed by atoms with Crippen LogP contribution in [0.3, 0.4) is 0 Å². The zero-order chi connectivity index (χ0) is 17.6. The van der Waals surface area contributed by atoms with Gasteiger partial charge in [-0.25, -0.2) is 0 Å². The number of thioether (sulfide) groups is 1. The quantitative estimate of drug-likeness (QED) is 0.797. The molecule has 0 saturated heterocycles. The minimum absolute atomic E-state index is 0.100. The maximum atomic E-state index is 12.2. The van der Waals surface area contributed by atoms with Gasteiger partial charge in [0.05, 0.1) is 20.0 Å². The summed E-state index contributed by atoms with van der Waals surface area (Å²) in [6.45, 7) is 1.06. The summed E-state index contributed by atoms with van der Waals surface area (Å²) >= 11 is 1.42. The van der Waals surface area contributed by atoms with Crippen LogP contribution in [0.1, 0.15) is 0 Å². The molecule has 1 heterocycles. The smallest absolute Gasteiger partial charge is 0.234 e. The Balaban J connectivity index is 1.58. The molecule has 0 radical (unpaired) electrons. The summed E-state index contributed by atoms with van der Waals surface area (Å²) in [5, 5.41) is 2.86. The molecule has 132 valence electrons. The summed E-state index contributed by atoms with van der Waals surface area (Å²) in [6.07, 6.45) is 0. The lowest BCUT2D eigenvalue weighted by molar-refractivity contribution is -0.113. The van der Waals surface area contributed by atoms with Crippen molar-refractivity contribution in [3.8, 4) is 23.0 Å². The third-order valence-corrected chi connectivity index (χ3v) is 4.54. The second-order valence-electron chi connectivity index (χ2n) is 5.21. The normalized spacial score (nSPS) is 12.4. The Hall–Kier alpha value is -2.54. The molecule has 1 amide bonds. The minimum Gasteiger partial charge on any atom is -0.493 e. The summed E-state index contributed by atoms with van der Waals surface area (Å²) < 4.78 is 21.5. The molecule has 0 fully saturated rings. The van der Waals surface area contributed by atoms with Gasteiger partial charge >= 0.3 is 0 Å². The standard InChI is InChI=1S/C18H19NO5S/c1-21-14-6-4-13(10-16(14)22-2)25-11-18(20)19-12-3-5-15-17(9-12)24-8-7-23-15/h3-6,9-10H,7-8,11H2,1-2H3,(H,19,20). The zero-order valence-electron chi connectivity index (χ0n) is 14.0. The molecule has 7 heteroatoms. The Bertz CT molecular complexity index is 765. The molecule has 2 aromatic carbocycles. The second kappa shape index (κ2) is 8.02. The van der Waals surface area contributed by atoms with Crippen molar-refractivity contribution in [1.82, 2.24) is 0 Å². The van der Waals surface area contributed by atoms with E-state index in [4.69, 9.17) is 18.9 Å². The second-order valence-corrected chi connectivity index (χ2v) is 6.26. The first-order valence-corrected chi connectivity index (χ1v) is 8.72. The average Bonchev–Trinajstić information content (AvgIpc) is 2.66. The zero-order valence-corrected chi connectivity index (χ0v) is 14.9. The van der Waals surface area contributed by atoms with E-state index in [1.165, 1.54) is 11.8 Å². The van der Waals surface area contributed by atoms with E-state index in [-0.39, 0.29) is 11.7 Å². The first-order valence-electron chi connectivity index (χ1n) is 7.74. The molecule has 0 unspecified atom stereocenters. The molecule has 0 bridgehead atoms. The summed E-state index contributed by atoms with van der Waals surface area (Å²) in [7, 11) is 3.17. The van der Waals surface area contributed by atoms with Gasteiger partial charge < -0.3 is 24.3 Å². The molecule has 0 atom stereocenters. The number of carbonyl (C=O) groups excluding carboxylic acids is 1. The number of methoxy groups -OCH3 is 2. The average molecular weight is 361 g/mol. The highest BCUT2D eigenvalue weighted by Crippen LogP contribution is 2.33. The van der Waals surface area contributed by atoms with Gasteiger partial charge in [0.15, 0.2) is 23.0 Å². The van der Waals surface area contributed by atoms with Crippen molar-refractivity contribution >= 4 is 23.4 Å². The van der Waals surface area contributed by atoms with E-state index in [1.807, 2.05) is 18.2 Å². The van der Waals surface area contributed by atoms with E-state index >= 15 is 0 Å². The van der Waals surface area contributed by atoms with Crippen molar-refractivity contribution in [3.63, 3.8) is 0 Å². The van der Waals surface area contributed by atoms with Crippen LogP contribution in [0.5, 0.6) is 23.0 Å². The van der Waals surface area contributed by atoms with Crippen LogP contribution in [-0.4, -0.2) is 39.1 Å². The maximum Gasteiger partial charge on any atom is 0.234 e. The van der Waals surface area contributed by atoms with Crippen molar-refractivity contribution in [2.45, 2.75) is 4.90 Å². The highest BCUT2D eigenvalue weighted by molar-refractivity contribution is 8.00. The maximum absolute atomic E-state index is 12.2. The molecule has 3 rings (SSSR count). The largest absolute Gasteiger partial charge is 0.493 e. The number of nitrogens with one attached hydrogen (secondary N) is 1. The summed E-state index contributed by atoms with van der Waals surface area (Å²) in [5.74, 6) is 2.83. The molecule has 25 heavy (non-hydrogen) atoms. The van der Waals surface area contributed by atoms with Crippen molar-refractivity contribution in [3.05, 3.63) is 36.4 Å². The predicted octanol–water partition coefficient (Wildman–Crippen LogP) is 3.21. The van der Waals surface area contributed by atoms with Crippen molar-refractivity contribution < 1.29 is 23.7 Å². The summed E-state index contributed by atoms with van der Waals surface area (Å²) in [5.41, 5.74) is 0.683. The fourth-order valence-electron chi connectivity index (χ4n) is 2.37. The van der Waals surface area contributed by atoms with Gasteiger partial charge in [0.2, 0.25) is 5.91 Å². The Kier molecular flexibility index (Phi) is 5.55. The highest BCUT2D eigenvalue weighted by atomic mass is 32.2. The monoisotopic (exact) mass is 361 g/mol. The number of hydrogen-bond acceptors (Lipinski definition) is 6.